The van der Waals surface area contributed by atoms with Gasteiger partial charge in [0.2, 0.25) is 5.91 Å². The highest BCUT2D eigenvalue weighted by molar-refractivity contribution is 7.10. The van der Waals surface area contributed by atoms with Crippen molar-refractivity contribution in [3.8, 4) is 0 Å². The van der Waals surface area contributed by atoms with Gasteiger partial charge in [0.1, 0.15) is 0 Å². The van der Waals surface area contributed by atoms with Crippen molar-refractivity contribution >= 4 is 23.3 Å². The zero-order chi connectivity index (χ0) is 14.5. The molecule has 2 heterocycles. The topological polar surface area (TPSA) is 61.4 Å². The maximum Gasteiger partial charge on any atom is 0.315 e. The van der Waals surface area contributed by atoms with E-state index in [9.17, 15) is 9.59 Å². The van der Waals surface area contributed by atoms with Crippen molar-refractivity contribution in [3.05, 3.63) is 21.9 Å². The average Bonchev–Trinajstić information content (AvgIpc) is 2.82. The lowest BCUT2D eigenvalue weighted by atomic mass is 10.1. The van der Waals surface area contributed by atoms with Gasteiger partial charge in [0.05, 0.1) is 6.54 Å². The van der Waals surface area contributed by atoms with Gasteiger partial charge in [-0.05, 0) is 36.8 Å². The predicted molar refractivity (Wildman–Crippen MR) is 79.7 cm³/mol. The van der Waals surface area contributed by atoms with Crippen molar-refractivity contribution in [2.24, 2.45) is 0 Å². The molecule has 1 aromatic heterocycles. The number of thiophene rings is 1. The van der Waals surface area contributed by atoms with E-state index in [-0.39, 0.29) is 18.0 Å². The molecule has 6 heteroatoms. The summed E-state index contributed by atoms with van der Waals surface area (Å²) in [5, 5.41) is 7.89. The Labute approximate surface area is 123 Å². The van der Waals surface area contributed by atoms with Gasteiger partial charge in [-0.3, -0.25) is 4.79 Å². The minimum atomic E-state index is -0.126. The minimum absolute atomic E-state index is 0.112. The Bertz CT molecular complexity index is 479. The van der Waals surface area contributed by atoms with Crippen molar-refractivity contribution in [2.45, 2.75) is 39.3 Å². The summed E-state index contributed by atoms with van der Waals surface area (Å²) in [5.41, 5.74) is 1.21. The number of nitrogens with one attached hydrogen (secondary N) is 2. The van der Waals surface area contributed by atoms with E-state index in [1.807, 2.05) is 17.2 Å². The Kier molecular flexibility index (Phi) is 5.00. The highest BCUT2D eigenvalue weighted by Crippen LogP contribution is 2.15. The molecule has 1 saturated heterocycles. The third-order valence-corrected chi connectivity index (χ3v) is 4.68. The van der Waals surface area contributed by atoms with Gasteiger partial charge in [0.15, 0.2) is 0 Å². The number of likely N-dealkylation sites (tertiary alicyclic amines) is 1. The maximum atomic E-state index is 11.8. The van der Waals surface area contributed by atoms with Gasteiger partial charge >= 0.3 is 6.03 Å². The number of piperidine rings is 1. The first-order chi connectivity index (χ1) is 9.56. The van der Waals surface area contributed by atoms with Gasteiger partial charge in [-0.15, -0.1) is 11.3 Å². The highest BCUT2D eigenvalue weighted by atomic mass is 32.1. The zero-order valence-corrected chi connectivity index (χ0v) is 12.8. The van der Waals surface area contributed by atoms with Crippen LogP contribution in [0.3, 0.4) is 0 Å². The van der Waals surface area contributed by atoms with Crippen LogP contribution in [-0.4, -0.2) is 36.0 Å². The molecule has 2 N–H and O–H groups in total. The highest BCUT2D eigenvalue weighted by Gasteiger charge is 2.21. The monoisotopic (exact) mass is 295 g/mol. The molecule has 110 valence electrons. The fraction of sp³-hybridized carbons (Fsp3) is 0.571. The SMILES string of the molecule is CC(=O)N1CCC(NC(=O)NCc2sccc2C)CC1. The van der Waals surface area contributed by atoms with Crippen LogP contribution in [0, 0.1) is 6.92 Å². The van der Waals surface area contributed by atoms with Crippen LogP contribution in [0.15, 0.2) is 11.4 Å². The number of aryl methyl sites for hydroxylation is 1. The second-order valence-electron chi connectivity index (χ2n) is 5.13. The third kappa shape index (κ3) is 3.96. The Morgan fingerprint density at radius 1 is 1.40 bits per heavy atom. The number of hydrogen-bond donors (Lipinski definition) is 2. The number of carbonyl (C=O) groups is 2. The molecule has 1 fully saturated rings. The average molecular weight is 295 g/mol. The second-order valence-corrected chi connectivity index (χ2v) is 6.13. The Balaban J connectivity index is 1.70. The maximum absolute atomic E-state index is 11.8. The van der Waals surface area contributed by atoms with Crippen LogP contribution >= 0.6 is 11.3 Å². The molecule has 0 aliphatic carbocycles. The molecule has 1 aliphatic heterocycles. The molecule has 2 rings (SSSR count). The molecule has 0 saturated carbocycles. The summed E-state index contributed by atoms with van der Waals surface area (Å²) in [7, 11) is 0. The van der Waals surface area contributed by atoms with Crippen LogP contribution in [0.4, 0.5) is 4.79 Å². The molecule has 1 aliphatic rings. The molecule has 5 nitrogen and oxygen atoms in total. The van der Waals surface area contributed by atoms with Crippen molar-refractivity contribution in [1.29, 1.82) is 0 Å². The molecule has 0 bridgehead atoms. The van der Waals surface area contributed by atoms with E-state index in [0.29, 0.717) is 6.54 Å². The normalized spacial score (nSPS) is 16.0. The minimum Gasteiger partial charge on any atom is -0.343 e. The second kappa shape index (κ2) is 6.74. The summed E-state index contributed by atoms with van der Waals surface area (Å²) >= 11 is 1.65. The Morgan fingerprint density at radius 2 is 2.10 bits per heavy atom. The van der Waals surface area contributed by atoms with E-state index in [2.05, 4.69) is 16.7 Å². The Hall–Kier alpha value is -1.56. The van der Waals surface area contributed by atoms with Crippen molar-refractivity contribution in [2.75, 3.05) is 13.1 Å². The van der Waals surface area contributed by atoms with Crippen LogP contribution in [0.2, 0.25) is 0 Å². The number of nitrogens with zero attached hydrogens (tertiary/aromatic N) is 1. The van der Waals surface area contributed by atoms with E-state index < -0.39 is 0 Å². The smallest absolute Gasteiger partial charge is 0.315 e. The van der Waals surface area contributed by atoms with Gasteiger partial charge in [-0.1, -0.05) is 0 Å². The van der Waals surface area contributed by atoms with E-state index in [0.717, 1.165) is 25.9 Å². The summed E-state index contributed by atoms with van der Waals surface area (Å²) in [6.07, 6.45) is 1.65. The van der Waals surface area contributed by atoms with E-state index in [1.165, 1.54) is 10.4 Å². The fourth-order valence-corrected chi connectivity index (χ4v) is 3.17. The lowest BCUT2D eigenvalue weighted by Crippen LogP contribution is -2.48. The molecule has 0 spiro atoms. The van der Waals surface area contributed by atoms with Gasteiger partial charge in [0.25, 0.3) is 0 Å². The Morgan fingerprint density at radius 3 is 2.65 bits per heavy atom. The van der Waals surface area contributed by atoms with Crippen LogP contribution in [-0.2, 0) is 11.3 Å². The standard InChI is InChI=1S/C14H21N3O2S/c1-10-5-8-20-13(10)9-15-14(19)16-12-3-6-17(7-4-12)11(2)18/h5,8,12H,3-4,6-7,9H2,1-2H3,(H2,15,16,19). The van der Waals surface area contributed by atoms with E-state index in [4.69, 9.17) is 0 Å². The van der Waals surface area contributed by atoms with Gasteiger partial charge < -0.3 is 15.5 Å². The molecular formula is C14H21N3O2S. The van der Waals surface area contributed by atoms with Crippen molar-refractivity contribution in [3.63, 3.8) is 0 Å². The van der Waals surface area contributed by atoms with Gasteiger partial charge in [-0.2, -0.15) is 0 Å². The van der Waals surface area contributed by atoms with Gasteiger partial charge in [0, 0.05) is 30.9 Å². The largest absolute Gasteiger partial charge is 0.343 e. The summed E-state index contributed by atoms with van der Waals surface area (Å²) in [5.74, 6) is 0.112. The summed E-state index contributed by atoms with van der Waals surface area (Å²) < 4.78 is 0. The van der Waals surface area contributed by atoms with E-state index >= 15 is 0 Å². The molecule has 0 aromatic carbocycles. The predicted octanol–water partition coefficient (Wildman–Crippen LogP) is 1.87. The van der Waals surface area contributed by atoms with Crippen LogP contribution in [0.5, 0.6) is 0 Å². The molecular weight excluding hydrogens is 274 g/mol. The molecule has 3 amide bonds. The first-order valence-corrected chi connectivity index (χ1v) is 7.77. The van der Waals surface area contributed by atoms with Gasteiger partial charge in [-0.25, -0.2) is 4.79 Å². The lowest BCUT2D eigenvalue weighted by molar-refractivity contribution is -0.129. The van der Waals surface area contributed by atoms with E-state index in [1.54, 1.807) is 18.3 Å². The van der Waals surface area contributed by atoms with Crippen molar-refractivity contribution < 1.29 is 9.59 Å². The fourth-order valence-electron chi connectivity index (χ4n) is 2.32. The third-order valence-electron chi connectivity index (χ3n) is 3.65. The molecule has 1 aromatic rings. The summed E-state index contributed by atoms with van der Waals surface area (Å²) in [6, 6.07) is 2.09. The summed E-state index contributed by atoms with van der Waals surface area (Å²) in [4.78, 5) is 26.1. The molecule has 0 unspecified atom stereocenters. The molecule has 0 atom stereocenters. The van der Waals surface area contributed by atoms with Crippen LogP contribution < -0.4 is 10.6 Å². The first kappa shape index (κ1) is 14.8. The summed E-state index contributed by atoms with van der Waals surface area (Å²) in [6.45, 7) is 5.66. The quantitative estimate of drug-likeness (QED) is 0.894. The number of urea groups is 1. The lowest BCUT2D eigenvalue weighted by Gasteiger charge is -2.31. The van der Waals surface area contributed by atoms with Crippen LogP contribution in [0.1, 0.15) is 30.2 Å². The molecule has 0 radical (unpaired) electrons. The van der Waals surface area contributed by atoms with Crippen LogP contribution in [0.25, 0.3) is 0 Å². The van der Waals surface area contributed by atoms with Crippen molar-refractivity contribution in [1.82, 2.24) is 15.5 Å². The number of amides is 3. The first-order valence-electron chi connectivity index (χ1n) is 6.89. The zero-order valence-electron chi connectivity index (χ0n) is 11.9. The number of carbonyl (C=O) groups excluding carboxylic acids is 2. The number of rotatable bonds is 3. The molecule has 20 heavy (non-hydrogen) atoms. The number of hydrogen-bond acceptors (Lipinski definition) is 3.